The molecule has 6 heteroatoms. The monoisotopic (exact) mass is 223 g/mol. The first-order valence-corrected chi connectivity index (χ1v) is 4.90. The van der Waals surface area contributed by atoms with E-state index in [1.165, 1.54) is 0 Å². The van der Waals surface area contributed by atoms with Gasteiger partial charge in [0.25, 0.3) is 0 Å². The summed E-state index contributed by atoms with van der Waals surface area (Å²) >= 11 is 0. The fourth-order valence-corrected chi connectivity index (χ4v) is 1.20. The molecule has 0 aliphatic heterocycles. The Hall–Kier alpha value is -1.90. The molecule has 0 amide bonds. The van der Waals surface area contributed by atoms with Gasteiger partial charge in [-0.15, -0.1) is 0 Å². The first kappa shape index (κ1) is 12.2. The van der Waals surface area contributed by atoms with Gasteiger partial charge in [0.05, 0.1) is 18.7 Å². The van der Waals surface area contributed by atoms with Crippen molar-refractivity contribution in [2.45, 2.75) is 19.4 Å². The van der Waals surface area contributed by atoms with Crippen molar-refractivity contribution in [2.75, 3.05) is 24.3 Å². The van der Waals surface area contributed by atoms with Gasteiger partial charge in [0, 0.05) is 20.1 Å². The van der Waals surface area contributed by atoms with Crippen LogP contribution in [0.15, 0.2) is 6.20 Å². The summed E-state index contributed by atoms with van der Waals surface area (Å²) in [7, 11) is 3.36. The number of halogens is 1. The topological polar surface area (TPSA) is 64.8 Å². The van der Waals surface area contributed by atoms with E-state index in [4.69, 9.17) is 5.26 Å². The van der Waals surface area contributed by atoms with Gasteiger partial charge in [-0.3, -0.25) is 0 Å². The quantitative estimate of drug-likeness (QED) is 0.835. The standard InChI is InChI=1S/C10H14FN5/c1-7(4-5-12)16(3)9-8(11)6-14-10(13-2)15-9/h6-7H,4H2,1-3H3,(H,13,14,15). The van der Waals surface area contributed by atoms with Crippen LogP contribution in [0.1, 0.15) is 13.3 Å². The van der Waals surface area contributed by atoms with Gasteiger partial charge in [-0.1, -0.05) is 0 Å². The number of rotatable bonds is 4. The highest BCUT2D eigenvalue weighted by Gasteiger charge is 2.16. The summed E-state index contributed by atoms with van der Waals surface area (Å²) in [6.45, 7) is 1.84. The number of nitrogens with zero attached hydrogens (tertiary/aromatic N) is 4. The number of aromatic nitrogens is 2. The maximum atomic E-state index is 13.5. The fraction of sp³-hybridized carbons (Fsp3) is 0.500. The predicted molar refractivity (Wildman–Crippen MR) is 59.6 cm³/mol. The first-order chi connectivity index (χ1) is 7.60. The maximum absolute atomic E-state index is 13.5. The molecular formula is C10H14FN5. The minimum atomic E-state index is -0.494. The highest BCUT2D eigenvalue weighted by molar-refractivity contribution is 5.43. The molecule has 0 spiro atoms. The summed E-state index contributed by atoms with van der Waals surface area (Å²) in [5.74, 6) is 0.0563. The molecule has 0 aliphatic rings. The van der Waals surface area contributed by atoms with E-state index < -0.39 is 5.82 Å². The molecule has 0 fully saturated rings. The van der Waals surface area contributed by atoms with Crippen molar-refractivity contribution in [2.24, 2.45) is 0 Å². The third-order valence-electron chi connectivity index (χ3n) is 2.33. The van der Waals surface area contributed by atoms with Crippen LogP contribution in [-0.4, -0.2) is 30.1 Å². The van der Waals surface area contributed by atoms with Crippen LogP contribution in [0.2, 0.25) is 0 Å². The Labute approximate surface area is 93.9 Å². The largest absolute Gasteiger partial charge is 0.357 e. The molecule has 0 aromatic carbocycles. The van der Waals surface area contributed by atoms with E-state index in [2.05, 4.69) is 15.3 Å². The van der Waals surface area contributed by atoms with Gasteiger partial charge in [-0.05, 0) is 6.92 Å². The zero-order valence-corrected chi connectivity index (χ0v) is 9.53. The van der Waals surface area contributed by atoms with Crippen molar-refractivity contribution in [3.63, 3.8) is 0 Å². The number of hydrogen-bond acceptors (Lipinski definition) is 5. The molecule has 0 saturated heterocycles. The van der Waals surface area contributed by atoms with E-state index in [0.717, 1.165) is 6.20 Å². The number of nitrogens with one attached hydrogen (secondary N) is 1. The third-order valence-corrected chi connectivity index (χ3v) is 2.33. The Morgan fingerprint density at radius 2 is 2.38 bits per heavy atom. The normalized spacial score (nSPS) is 11.7. The lowest BCUT2D eigenvalue weighted by molar-refractivity contribution is 0.592. The Kier molecular flexibility index (Phi) is 4.00. The van der Waals surface area contributed by atoms with E-state index in [-0.39, 0.29) is 11.9 Å². The van der Waals surface area contributed by atoms with Gasteiger partial charge in [0.1, 0.15) is 0 Å². The molecule has 1 atom stereocenters. The summed E-state index contributed by atoms with van der Waals surface area (Å²) in [6.07, 6.45) is 1.43. The molecule has 1 unspecified atom stereocenters. The molecule has 16 heavy (non-hydrogen) atoms. The summed E-state index contributed by atoms with van der Waals surface area (Å²) in [5.41, 5.74) is 0. The fourth-order valence-electron chi connectivity index (χ4n) is 1.20. The van der Waals surface area contributed by atoms with Gasteiger partial charge < -0.3 is 10.2 Å². The minimum Gasteiger partial charge on any atom is -0.357 e. The number of anilines is 2. The zero-order valence-electron chi connectivity index (χ0n) is 9.53. The van der Waals surface area contributed by atoms with Crippen molar-refractivity contribution >= 4 is 11.8 Å². The summed E-state index contributed by atoms with van der Waals surface area (Å²) in [6, 6.07) is 1.94. The Morgan fingerprint density at radius 1 is 1.69 bits per heavy atom. The van der Waals surface area contributed by atoms with Gasteiger partial charge in [0.15, 0.2) is 11.6 Å². The van der Waals surface area contributed by atoms with Crippen LogP contribution in [0.3, 0.4) is 0 Å². The van der Waals surface area contributed by atoms with Gasteiger partial charge in [-0.25, -0.2) is 9.37 Å². The Balaban J connectivity index is 2.98. The van der Waals surface area contributed by atoms with Crippen LogP contribution in [0.4, 0.5) is 16.2 Å². The lowest BCUT2D eigenvalue weighted by atomic mass is 10.2. The number of nitriles is 1. The van der Waals surface area contributed by atoms with Gasteiger partial charge in [-0.2, -0.15) is 10.2 Å². The van der Waals surface area contributed by atoms with Gasteiger partial charge in [0.2, 0.25) is 5.95 Å². The molecule has 1 aromatic rings. The van der Waals surface area contributed by atoms with Crippen molar-refractivity contribution in [1.29, 1.82) is 5.26 Å². The van der Waals surface area contributed by atoms with Crippen LogP contribution in [0.5, 0.6) is 0 Å². The maximum Gasteiger partial charge on any atom is 0.224 e. The van der Waals surface area contributed by atoms with Crippen LogP contribution in [-0.2, 0) is 0 Å². The average Bonchev–Trinajstić information content (AvgIpc) is 2.29. The predicted octanol–water partition coefficient (Wildman–Crippen LogP) is 1.40. The van der Waals surface area contributed by atoms with Crippen LogP contribution in [0, 0.1) is 17.1 Å². The first-order valence-electron chi connectivity index (χ1n) is 4.90. The summed E-state index contributed by atoms with van der Waals surface area (Å²) < 4.78 is 13.5. The number of hydrogen-bond donors (Lipinski definition) is 1. The zero-order chi connectivity index (χ0) is 12.1. The Bertz CT molecular complexity index is 401. The molecule has 0 aliphatic carbocycles. The molecule has 1 aromatic heterocycles. The van der Waals surface area contributed by atoms with E-state index in [9.17, 15) is 4.39 Å². The lowest BCUT2D eigenvalue weighted by Crippen LogP contribution is -2.30. The smallest absolute Gasteiger partial charge is 0.224 e. The van der Waals surface area contributed by atoms with Gasteiger partial charge >= 0.3 is 0 Å². The van der Waals surface area contributed by atoms with Crippen molar-refractivity contribution in [3.8, 4) is 6.07 Å². The van der Waals surface area contributed by atoms with Crippen LogP contribution >= 0.6 is 0 Å². The molecule has 1 N–H and O–H groups in total. The van der Waals surface area contributed by atoms with Crippen molar-refractivity contribution in [1.82, 2.24) is 9.97 Å². The second-order valence-corrected chi connectivity index (χ2v) is 3.44. The highest BCUT2D eigenvalue weighted by Crippen LogP contribution is 2.18. The Morgan fingerprint density at radius 3 is 2.94 bits per heavy atom. The van der Waals surface area contributed by atoms with E-state index >= 15 is 0 Å². The minimum absolute atomic E-state index is 0.0980. The second kappa shape index (κ2) is 5.26. The van der Waals surface area contributed by atoms with Crippen molar-refractivity contribution in [3.05, 3.63) is 12.0 Å². The molecular weight excluding hydrogens is 209 g/mol. The van der Waals surface area contributed by atoms with Crippen LogP contribution < -0.4 is 10.2 Å². The molecule has 0 saturated carbocycles. The molecule has 1 heterocycles. The molecule has 0 bridgehead atoms. The average molecular weight is 223 g/mol. The SMILES string of the molecule is CNc1ncc(F)c(N(C)C(C)CC#N)n1. The van der Waals surface area contributed by atoms with E-state index in [1.807, 2.05) is 13.0 Å². The second-order valence-electron chi connectivity index (χ2n) is 3.44. The molecule has 1 rings (SSSR count). The summed E-state index contributed by atoms with van der Waals surface area (Å²) in [4.78, 5) is 9.40. The lowest BCUT2D eigenvalue weighted by Gasteiger charge is -2.24. The summed E-state index contributed by atoms with van der Waals surface area (Å²) in [5, 5.41) is 11.3. The highest BCUT2D eigenvalue weighted by atomic mass is 19.1. The molecule has 0 radical (unpaired) electrons. The molecule has 5 nitrogen and oxygen atoms in total. The third kappa shape index (κ3) is 2.57. The van der Waals surface area contributed by atoms with Crippen LogP contribution in [0.25, 0.3) is 0 Å². The van der Waals surface area contributed by atoms with E-state index in [1.54, 1.807) is 19.0 Å². The van der Waals surface area contributed by atoms with Crippen molar-refractivity contribution < 1.29 is 4.39 Å². The molecule has 86 valence electrons. The van der Waals surface area contributed by atoms with E-state index in [0.29, 0.717) is 12.4 Å².